The molecule has 1 aliphatic carbocycles. The topological polar surface area (TPSA) is 160 Å². The van der Waals surface area contributed by atoms with Crippen LogP contribution in [0.25, 0.3) is 0 Å². The third kappa shape index (κ3) is 7.33. The Morgan fingerprint density at radius 2 is 1.82 bits per heavy atom. The summed E-state index contributed by atoms with van der Waals surface area (Å²) in [5.41, 5.74) is -0.734. The maximum atomic E-state index is 12.5. The van der Waals surface area contributed by atoms with Crippen LogP contribution in [-0.2, 0) is 28.7 Å². The van der Waals surface area contributed by atoms with Gasteiger partial charge >= 0.3 is 18.0 Å². The Kier molecular flexibility index (Phi) is 8.31. The monoisotopic (exact) mass is 469 g/mol. The van der Waals surface area contributed by atoms with Crippen molar-refractivity contribution in [2.75, 3.05) is 0 Å². The molecule has 1 heterocycles. The largest absolute Gasteiger partial charge is 0.480 e. The van der Waals surface area contributed by atoms with E-state index >= 15 is 0 Å². The summed E-state index contributed by atoms with van der Waals surface area (Å²) in [7, 11) is 0. The molecule has 1 saturated carbocycles. The molecule has 1 unspecified atom stereocenters. The van der Waals surface area contributed by atoms with Crippen molar-refractivity contribution in [2.24, 2.45) is 17.8 Å². The number of hydrogen-bond acceptors (Lipinski definition) is 7. The van der Waals surface area contributed by atoms with Crippen LogP contribution in [0.5, 0.6) is 0 Å². The maximum absolute atomic E-state index is 12.5. The fourth-order valence-electron chi connectivity index (χ4n) is 3.65. The van der Waals surface area contributed by atoms with Crippen molar-refractivity contribution in [1.29, 1.82) is 0 Å². The van der Waals surface area contributed by atoms with Gasteiger partial charge in [-0.15, -0.1) is 0 Å². The van der Waals surface area contributed by atoms with Gasteiger partial charge in [0.25, 0.3) is 5.91 Å². The van der Waals surface area contributed by atoms with E-state index in [2.05, 4.69) is 16.0 Å². The molecule has 0 spiro atoms. The number of alkyl carbamates (subject to hydrolysis) is 1. The van der Waals surface area contributed by atoms with Crippen LogP contribution in [0.1, 0.15) is 60.8 Å². The molecule has 0 aromatic carbocycles. The highest BCUT2D eigenvalue weighted by molar-refractivity contribution is 5.94. The summed E-state index contributed by atoms with van der Waals surface area (Å²) in [5, 5.41) is 17.1. The van der Waals surface area contributed by atoms with E-state index in [0.717, 1.165) is 6.42 Å². The van der Waals surface area contributed by atoms with Crippen LogP contribution >= 0.6 is 0 Å². The van der Waals surface area contributed by atoms with E-state index in [-0.39, 0.29) is 36.2 Å². The molecule has 0 aromatic heterocycles. The van der Waals surface area contributed by atoms with Crippen molar-refractivity contribution in [1.82, 2.24) is 16.0 Å². The second kappa shape index (κ2) is 10.4. The van der Waals surface area contributed by atoms with Gasteiger partial charge in [0.1, 0.15) is 23.6 Å². The lowest BCUT2D eigenvalue weighted by atomic mass is 9.83. The van der Waals surface area contributed by atoms with Gasteiger partial charge in [-0.1, -0.05) is 20.3 Å². The molecule has 11 heteroatoms. The van der Waals surface area contributed by atoms with Gasteiger partial charge in [0.2, 0.25) is 5.91 Å². The van der Waals surface area contributed by atoms with E-state index in [1.807, 2.05) is 13.8 Å². The summed E-state index contributed by atoms with van der Waals surface area (Å²) in [4.78, 5) is 59.9. The van der Waals surface area contributed by atoms with E-state index in [4.69, 9.17) is 9.47 Å². The van der Waals surface area contributed by atoms with Gasteiger partial charge in [0.15, 0.2) is 6.10 Å². The number of cyclic esters (lactones) is 1. The zero-order valence-corrected chi connectivity index (χ0v) is 20.0. The molecule has 0 aromatic rings. The fraction of sp³-hybridized carbons (Fsp3) is 0.773. The number of carboxylic acid groups (broad SMARTS) is 1. The molecule has 186 valence electrons. The van der Waals surface area contributed by atoms with Crippen LogP contribution in [0, 0.1) is 17.8 Å². The number of rotatable bonds is 10. The molecule has 2 rings (SSSR count). The average Bonchev–Trinajstić information content (AvgIpc) is 3.40. The highest BCUT2D eigenvalue weighted by Gasteiger charge is 2.51. The highest BCUT2D eigenvalue weighted by Crippen LogP contribution is 2.37. The SMILES string of the molecule is CC[C@H](C)[C@@H]1C(=O)O[C@H]1C(=O)NC1C[C@@H]1C[C@H](NC(=O)[C@H](C)NC(=O)OC(C)(C)C)C(=O)O. The number of esters is 1. The minimum Gasteiger partial charge on any atom is -0.480 e. The normalized spacial score (nSPS) is 26.5. The van der Waals surface area contributed by atoms with E-state index in [9.17, 15) is 29.1 Å². The van der Waals surface area contributed by atoms with E-state index in [1.54, 1.807) is 20.8 Å². The Labute approximate surface area is 193 Å². The van der Waals surface area contributed by atoms with Gasteiger partial charge in [-0.25, -0.2) is 9.59 Å². The Morgan fingerprint density at radius 3 is 2.33 bits per heavy atom. The smallest absolute Gasteiger partial charge is 0.408 e. The van der Waals surface area contributed by atoms with Crippen LogP contribution in [0.2, 0.25) is 0 Å². The summed E-state index contributed by atoms with van der Waals surface area (Å²) in [5.74, 6) is -3.20. The predicted octanol–water partition coefficient (Wildman–Crippen LogP) is 0.952. The minimum atomic E-state index is -1.21. The second-order valence-corrected chi connectivity index (χ2v) is 9.88. The lowest BCUT2D eigenvalue weighted by molar-refractivity contribution is -0.193. The summed E-state index contributed by atoms with van der Waals surface area (Å²) in [6.45, 7) is 10.3. The second-order valence-electron chi connectivity index (χ2n) is 9.88. The lowest BCUT2D eigenvalue weighted by Gasteiger charge is -2.37. The van der Waals surface area contributed by atoms with Gasteiger partial charge < -0.3 is 30.5 Å². The first-order valence-corrected chi connectivity index (χ1v) is 11.3. The minimum absolute atomic E-state index is 0.0277. The fourth-order valence-corrected chi connectivity index (χ4v) is 3.65. The van der Waals surface area contributed by atoms with Crippen molar-refractivity contribution in [3.63, 3.8) is 0 Å². The molecule has 4 N–H and O–H groups in total. The summed E-state index contributed by atoms with van der Waals surface area (Å²) >= 11 is 0. The van der Waals surface area contributed by atoms with E-state index < -0.39 is 47.7 Å². The van der Waals surface area contributed by atoms with Crippen LogP contribution in [0.3, 0.4) is 0 Å². The first kappa shape index (κ1) is 26.4. The van der Waals surface area contributed by atoms with Crippen LogP contribution in [0.15, 0.2) is 0 Å². The van der Waals surface area contributed by atoms with Gasteiger partial charge in [-0.3, -0.25) is 14.4 Å². The number of ether oxygens (including phenoxy) is 2. The Hall–Kier alpha value is -2.85. The maximum Gasteiger partial charge on any atom is 0.408 e. The number of carboxylic acids is 1. The predicted molar refractivity (Wildman–Crippen MR) is 116 cm³/mol. The summed E-state index contributed by atoms with van der Waals surface area (Å²) in [6.07, 6.45) is -0.176. The van der Waals surface area contributed by atoms with Gasteiger partial charge in [0.05, 0.1) is 0 Å². The Morgan fingerprint density at radius 1 is 1.18 bits per heavy atom. The van der Waals surface area contributed by atoms with Crippen molar-refractivity contribution in [2.45, 2.75) is 90.6 Å². The van der Waals surface area contributed by atoms with Gasteiger partial charge in [-0.2, -0.15) is 0 Å². The molecule has 11 nitrogen and oxygen atoms in total. The molecular formula is C22H35N3O8. The van der Waals surface area contributed by atoms with Crippen LogP contribution in [0.4, 0.5) is 4.79 Å². The molecule has 3 amide bonds. The Balaban J connectivity index is 1.82. The average molecular weight is 470 g/mol. The summed E-state index contributed by atoms with van der Waals surface area (Å²) in [6, 6.07) is -2.42. The molecule has 33 heavy (non-hydrogen) atoms. The van der Waals surface area contributed by atoms with E-state index in [0.29, 0.717) is 6.42 Å². The number of amides is 3. The van der Waals surface area contributed by atoms with Crippen molar-refractivity contribution >= 4 is 29.8 Å². The third-order valence-electron chi connectivity index (χ3n) is 5.89. The zero-order chi connectivity index (χ0) is 25.1. The number of hydrogen-bond donors (Lipinski definition) is 4. The molecule has 0 radical (unpaired) electrons. The number of carbonyl (C=O) groups is 5. The van der Waals surface area contributed by atoms with Crippen molar-refractivity contribution in [3.8, 4) is 0 Å². The zero-order valence-electron chi connectivity index (χ0n) is 20.0. The molecule has 0 bridgehead atoms. The summed E-state index contributed by atoms with van der Waals surface area (Å²) < 4.78 is 10.1. The van der Waals surface area contributed by atoms with Crippen LogP contribution in [-0.4, -0.2) is 64.8 Å². The van der Waals surface area contributed by atoms with Crippen molar-refractivity contribution in [3.05, 3.63) is 0 Å². The first-order chi connectivity index (χ1) is 15.2. The Bertz CT molecular complexity index is 793. The number of carbonyl (C=O) groups excluding carboxylic acids is 4. The molecule has 2 fully saturated rings. The van der Waals surface area contributed by atoms with Gasteiger partial charge in [0, 0.05) is 6.04 Å². The first-order valence-electron chi connectivity index (χ1n) is 11.3. The third-order valence-corrected chi connectivity index (χ3v) is 5.89. The lowest BCUT2D eigenvalue weighted by Crippen LogP contribution is -2.56. The molecule has 7 atom stereocenters. The van der Waals surface area contributed by atoms with Gasteiger partial charge in [-0.05, 0) is 52.4 Å². The highest BCUT2D eigenvalue weighted by atomic mass is 16.6. The number of aliphatic carboxylic acids is 1. The molecule has 1 aliphatic heterocycles. The molecule has 2 aliphatic rings. The standard InChI is InChI=1S/C22H35N3O8/c1-7-10(2)15-16(32-20(15)30)18(27)24-13-8-12(13)9-14(19(28)29)25-17(26)11(3)23-21(31)33-22(4,5)6/h10-16H,7-9H2,1-6H3,(H,23,31)(H,24,27)(H,25,26)(H,28,29)/t10-,11-,12+,13?,14-,15-,16+/m0/s1. The molecular weight excluding hydrogens is 434 g/mol. The molecule has 1 saturated heterocycles. The number of nitrogens with one attached hydrogen (secondary N) is 3. The van der Waals surface area contributed by atoms with Crippen molar-refractivity contribution < 1.29 is 38.6 Å². The van der Waals surface area contributed by atoms with Crippen LogP contribution < -0.4 is 16.0 Å². The quantitative estimate of drug-likeness (QED) is 0.344. The van der Waals surface area contributed by atoms with E-state index in [1.165, 1.54) is 6.92 Å².